The molecule has 4 fully saturated rings. The summed E-state index contributed by atoms with van der Waals surface area (Å²) in [4.78, 5) is 37.5. The molecule has 0 aromatic heterocycles. The third-order valence-electron chi connectivity index (χ3n) is 7.60. The number of piperazine rings is 1. The highest BCUT2D eigenvalue weighted by Crippen LogP contribution is 2.48. The summed E-state index contributed by atoms with van der Waals surface area (Å²) in [5, 5.41) is 9.39. The van der Waals surface area contributed by atoms with Crippen LogP contribution in [0.15, 0.2) is 29.2 Å². The number of carbonyl (C=O) groups excluding carboxylic acids is 2. The van der Waals surface area contributed by atoms with Gasteiger partial charge in [-0.1, -0.05) is 12.1 Å². The van der Waals surface area contributed by atoms with Gasteiger partial charge in [-0.3, -0.25) is 14.5 Å². The molecule has 3 saturated heterocycles. The predicted molar refractivity (Wildman–Crippen MR) is 123 cm³/mol. The molecule has 2 bridgehead atoms. The van der Waals surface area contributed by atoms with Crippen LogP contribution in [0.4, 0.5) is 0 Å². The van der Waals surface area contributed by atoms with Crippen LogP contribution >= 0.6 is 12.0 Å². The van der Waals surface area contributed by atoms with Gasteiger partial charge in [-0.15, -0.1) is 9.32 Å². The van der Waals surface area contributed by atoms with E-state index in [4.69, 9.17) is 10.1 Å². The third kappa shape index (κ3) is 4.19. The van der Waals surface area contributed by atoms with Crippen molar-refractivity contribution in [2.75, 3.05) is 20.1 Å². The number of carbonyl (C=O) groups is 2. The maximum atomic E-state index is 13.3. The number of amides is 2. The van der Waals surface area contributed by atoms with Crippen molar-refractivity contribution < 1.29 is 18.9 Å². The molecule has 1 aliphatic carbocycles. The molecule has 0 radical (unpaired) electrons. The van der Waals surface area contributed by atoms with Crippen LogP contribution in [0, 0.1) is 17.2 Å². The number of piperidine rings is 1. The van der Waals surface area contributed by atoms with E-state index in [2.05, 4.69) is 21.4 Å². The first-order chi connectivity index (χ1) is 16.4. The van der Waals surface area contributed by atoms with Crippen LogP contribution in [0.25, 0.3) is 0 Å². The second kappa shape index (κ2) is 9.45. The van der Waals surface area contributed by atoms with Gasteiger partial charge in [-0.25, -0.2) is 0 Å². The number of nitrogens with two attached hydrogens (primary N) is 1. The van der Waals surface area contributed by atoms with Crippen LogP contribution in [0.1, 0.15) is 37.8 Å². The smallest absolute Gasteiger partial charge is 0.242 e. The number of hydroxylamine groups is 1. The zero-order chi connectivity index (χ0) is 24.0. The van der Waals surface area contributed by atoms with Gasteiger partial charge in [0, 0.05) is 37.1 Å². The molecule has 34 heavy (non-hydrogen) atoms. The maximum absolute atomic E-state index is 13.3. The van der Waals surface area contributed by atoms with E-state index in [0.717, 1.165) is 41.8 Å². The van der Waals surface area contributed by atoms with Crippen LogP contribution < -0.4 is 11.2 Å². The molecule has 0 spiro atoms. The zero-order valence-electron chi connectivity index (χ0n) is 19.3. The van der Waals surface area contributed by atoms with Gasteiger partial charge in [0.2, 0.25) is 11.8 Å². The molecule has 3 heterocycles. The quantitative estimate of drug-likeness (QED) is 0.227. The lowest BCUT2D eigenvalue weighted by atomic mass is 10.1. The van der Waals surface area contributed by atoms with Crippen molar-refractivity contribution in [2.45, 2.75) is 67.3 Å². The number of nitrogens with zero attached hydrogens (tertiary/aromatic N) is 4. The van der Waals surface area contributed by atoms with Crippen molar-refractivity contribution in [2.24, 2.45) is 11.7 Å². The number of rotatable bonds is 9. The Morgan fingerprint density at radius 3 is 2.76 bits per heavy atom. The third-order valence-corrected chi connectivity index (χ3v) is 8.20. The van der Waals surface area contributed by atoms with E-state index in [1.165, 1.54) is 0 Å². The number of hydrogen-bond donors (Lipinski definition) is 2. The van der Waals surface area contributed by atoms with Crippen molar-refractivity contribution in [3.8, 4) is 6.07 Å². The molecule has 1 unspecified atom stereocenters. The van der Waals surface area contributed by atoms with Gasteiger partial charge in [-0.2, -0.15) is 10.7 Å². The Bertz CT molecular complexity index is 987. The molecule has 2 amide bonds. The van der Waals surface area contributed by atoms with E-state index in [1.807, 2.05) is 36.1 Å². The summed E-state index contributed by atoms with van der Waals surface area (Å²) in [6, 6.07) is 9.01. The highest BCUT2D eigenvalue weighted by Gasteiger charge is 2.56. The van der Waals surface area contributed by atoms with Gasteiger partial charge >= 0.3 is 0 Å². The van der Waals surface area contributed by atoms with E-state index in [1.54, 1.807) is 11.9 Å². The largest absolute Gasteiger partial charge is 0.330 e. The molecule has 1 aromatic carbocycles. The number of nitrogens with one attached hydrogen (secondary N) is 1. The fraction of sp³-hybridized carbons (Fsp3) is 0.609. The number of likely N-dealkylation sites (tertiary alicyclic amines) is 3. The lowest BCUT2D eigenvalue weighted by Crippen LogP contribution is -2.57. The Kier molecular flexibility index (Phi) is 6.54. The highest BCUT2D eigenvalue weighted by molar-refractivity contribution is 7.94. The number of nitriles is 1. The molecule has 182 valence electrons. The summed E-state index contributed by atoms with van der Waals surface area (Å²) in [5.41, 5.74) is 9.79. The van der Waals surface area contributed by atoms with E-state index >= 15 is 0 Å². The molecule has 1 saturated carbocycles. The Morgan fingerprint density at radius 2 is 2.09 bits per heavy atom. The molecule has 1 aromatic rings. The standard InChI is InChI=1S/C23H30N6O4S/c1-13(14-3-5-18(6-4-14)34-33-32-26-2)28-17-9-21(23(28)31)27(11-17)12-19(25)22(30)29-16(10-24)7-15-8-20(15)29/h3-6,13,15-17,19-21,26H,7-9,11-12,25H2,1-2H3/t13-,15-,16+,17-,19+,20?,21-/m1/s1. The summed E-state index contributed by atoms with van der Waals surface area (Å²) in [6.07, 6.45) is 2.49. The molecule has 4 aliphatic rings. The van der Waals surface area contributed by atoms with Gasteiger partial charge in [-0.05, 0) is 49.8 Å². The van der Waals surface area contributed by atoms with Gasteiger partial charge in [0.15, 0.2) is 0 Å². The normalized spacial score (nSPS) is 31.5. The van der Waals surface area contributed by atoms with Crippen LogP contribution in [0.2, 0.25) is 0 Å². The number of benzene rings is 1. The average Bonchev–Trinajstić information content (AvgIpc) is 3.16. The van der Waals surface area contributed by atoms with Crippen molar-refractivity contribution in [1.82, 2.24) is 20.2 Å². The fourth-order valence-electron chi connectivity index (χ4n) is 5.86. The zero-order valence-corrected chi connectivity index (χ0v) is 20.1. The number of fused-ring (bicyclic) bond motifs is 3. The predicted octanol–water partition coefficient (Wildman–Crippen LogP) is 0.963. The van der Waals surface area contributed by atoms with E-state index in [0.29, 0.717) is 19.0 Å². The molecule has 3 aliphatic heterocycles. The molecule has 5 rings (SSSR count). The SMILES string of the molecule is CNOOSc1ccc([C@@H](C)N2C(=O)[C@H]3C[C@@H]2CN3C[C@H](N)C(=O)N2C3C[C@H]3C[C@H]2C#N)cc1. The summed E-state index contributed by atoms with van der Waals surface area (Å²) >= 11 is 1.10. The minimum atomic E-state index is -0.715. The number of hydrogen-bond acceptors (Lipinski definition) is 9. The van der Waals surface area contributed by atoms with Gasteiger partial charge in [0.1, 0.15) is 6.04 Å². The molecule has 10 nitrogen and oxygen atoms in total. The Labute approximate surface area is 203 Å². The van der Waals surface area contributed by atoms with E-state index < -0.39 is 6.04 Å². The topological polar surface area (TPSA) is 124 Å². The van der Waals surface area contributed by atoms with Crippen molar-refractivity contribution in [3.63, 3.8) is 0 Å². The summed E-state index contributed by atoms with van der Waals surface area (Å²) in [5.74, 6) is 0.395. The fourth-order valence-corrected chi connectivity index (χ4v) is 6.29. The molecular formula is C23H30N6O4S. The van der Waals surface area contributed by atoms with Crippen LogP contribution in [-0.2, 0) is 18.9 Å². The van der Waals surface area contributed by atoms with E-state index in [9.17, 15) is 14.9 Å². The minimum Gasteiger partial charge on any atom is -0.330 e. The second-order valence-electron chi connectivity index (χ2n) is 9.58. The molecule has 11 heteroatoms. The molecule has 3 N–H and O–H groups in total. The Balaban J connectivity index is 1.18. The molecule has 7 atom stereocenters. The van der Waals surface area contributed by atoms with Crippen LogP contribution in [-0.4, -0.2) is 76.9 Å². The first-order valence-corrected chi connectivity index (χ1v) is 12.5. The van der Waals surface area contributed by atoms with Gasteiger partial charge in [0.25, 0.3) is 0 Å². The molecular weight excluding hydrogens is 456 g/mol. The summed E-state index contributed by atoms with van der Waals surface area (Å²) < 4.78 is 4.92. The van der Waals surface area contributed by atoms with Crippen molar-refractivity contribution >= 4 is 23.9 Å². The van der Waals surface area contributed by atoms with Crippen molar-refractivity contribution in [1.29, 1.82) is 5.26 Å². The lowest BCUT2D eigenvalue weighted by Gasteiger charge is -2.38. The van der Waals surface area contributed by atoms with Crippen molar-refractivity contribution in [3.05, 3.63) is 29.8 Å². The minimum absolute atomic E-state index is 0.0544. The van der Waals surface area contributed by atoms with Crippen LogP contribution in [0.3, 0.4) is 0 Å². The second-order valence-corrected chi connectivity index (χ2v) is 10.4. The van der Waals surface area contributed by atoms with Gasteiger partial charge < -0.3 is 15.5 Å². The summed E-state index contributed by atoms with van der Waals surface area (Å²) in [6.45, 7) is 3.10. The maximum Gasteiger partial charge on any atom is 0.242 e. The first kappa shape index (κ1) is 23.5. The summed E-state index contributed by atoms with van der Waals surface area (Å²) in [7, 11) is 1.61. The Morgan fingerprint density at radius 1 is 1.32 bits per heavy atom. The monoisotopic (exact) mass is 486 g/mol. The van der Waals surface area contributed by atoms with Gasteiger partial charge in [0.05, 0.1) is 36.2 Å². The Hall–Kier alpha value is -2.20. The average molecular weight is 487 g/mol. The van der Waals surface area contributed by atoms with E-state index in [-0.39, 0.29) is 42.0 Å². The first-order valence-electron chi connectivity index (χ1n) is 11.7. The highest BCUT2D eigenvalue weighted by atomic mass is 32.2. The lowest BCUT2D eigenvalue weighted by molar-refractivity contribution is -0.237. The van der Waals surface area contributed by atoms with Crippen LogP contribution in [0.5, 0.6) is 0 Å².